The van der Waals surface area contributed by atoms with E-state index < -0.39 is 5.76 Å². The normalized spacial score (nSPS) is 10.9. The van der Waals surface area contributed by atoms with Gasteiger partial charge < -0.3 is 14.6 Å². The number of fused-ring (bicyclic) bond motifs is 1. The van der Waals surface area contributed by atoms with Crippen LogP contribution < -0.4 is 11.1 Å². The minimum Gasteiger partial charge on any atom is -0.408 e. The van der Waals surface area contributed by atoms with Crippen molar-refractivity contribution in [1.82, 2.24) is 9.47 Å². The Morgan fingerprint density at radius 1 is 1.14 bits per heavy atom. The number of hydrogen-bond acceptors (Lipinski definition) is 4. The summed E-state index contributed by atoms with van der Waals surface area (Å²) < 4.78 is 6.71. The van der Waals surface area contributed by atoms with Crippen molar-refractivity contribution in [3.05, 3.63) is 64.1 Å². The number of aromatic nitrogens is 1. The van der Waals surface area contributed by atoms with Crippen LogP contribution in [0.3, 0.4) is 0 Å². The predicted octanol–water partition coefficient (Wildman–Crippen LogP) is 3.09. The molecule has 0 saturated heterocycles. The minimum absolute atomic E-state index is 0.0270. The number of hydrogen-bond donors (Lipinski definition) is 1. The van der Waals surface area contributed by atoms with Crippen molar-refractivity contribution in [2.24, 2.45) is 0 Å². The van der Waals surface area contributed by atoms with Crippen molar-refractivity contribution in [2.45, 2.75) is 33.2 Å². The van der Waals surface area contributed by atoms with Gasteiger partial charge in [0.15, 0.2) is 5.58 Å². The summed E-state index contributed by atoms with van der Waals surface area (Å²) in [6.45, 7) is 4.23. The van der Waals surface area contributed by atoms with Crippen LogP contribution in [0, 0.1) is 13.8 Å². The van der Waals surface area contributed by atoms with Crippen LogP contribution in [0.5, 0.6) is 0 Å². The van der Waals surface area contributed by atoms with Gasteiger partial charge >= 0.3 is 5.76 Å². The van der Waals surface area contributed by atoms with E-state index in [-0.39, 0.29) is 24.8 Å². The van der Waals surface area contributed by atoms with Gasteiger partial charge in [0.05, 0.1) is 12.1 Å². The zero-order chi connectivity index (χ0) is 21.0. The van der Waals surface area contributed by atoms with Crippen molar-refractivity contribution in [2.75, 3.05) is 18.9 Å². The van der Waals surface area contributed by atoms with Crippen LogP contribution in [-0.2, 0) is 16.1 Å². The molecule has 152 valence electrons. The molecule has 0 unspecified atom stereocenters. The first-order chi connectivity index (χ1) is 13.8. The van der Waals surface area contributed by atoms with Crippen molar-refractivity contribution >= 4 is 28.6 Å². The van der Waals surface area contributed by atoms with Crippen molar-refractivity contribution < 1.29 is 14.0 Å². The highest BCUT2D eigenvalue weighted by atomic mass is 16.4. The van der Waals surface area contributed by atoms with Crippen LogP contribution in [0.1, 0.15) is 24.0 Å². The van der Waals surface area contributed by atoms with E-state index in [1.54, 1.807) is 19.2 Å². The maximum Gasteiger partial charge on any atom is 0.419 e. The summed E-state index contributed by atoms with van der Waals surface area (Å²) in [7, 11) is 1.60. The maximum absolute atomic E-state index is 12.4. The fourth-order valence-electron chi connectivity index (χ4n) is 3.17. The van der Waals surface area contributed by atoms with E-state index in [4.69, 9.17) is 4.42 Å². The number of para-hydroxylation sites is 2. The molecule has 1 heterocycles. The quantitative estimate of drug-likeness (QED) is 0.666. The van der Waals surface area contributed by atoms with Gasteiger partial charge in [0.2, 0.25) is 11.8 Å². The number of benzene rings is 2. The molecule has 0 radical (unpaired) electrons. The van der Waals surface area contributed by atoms with Crippen LogP contribution in [-0.4, -0.2) is 34.9 Å². The topological polar surface area (TPSA) is 84.5 Å². The van der Waals surface area contributed by atoms with E-state index >= 15 is 0 Å². The Labute approximate surface area is 168 Å². The minimum atomic E-state index is -0.431. The Bertz CT molecular complexity index is 1100. The predicted molar refractivity (Wildman–Crippen MR) is 112 cm³/mol. The second-order valence-corrected chi connectivity index (χ2v) is 7.21. The number of likely N-dealkylation sites (N-methyl/N-ethyl adjacent to an activating group) is 1. The molecule has 0 aliphatic carbocycles. The molecule has 1 N–H and O–H groups in total. The molecule has 3 aromatic rings. The number of amides is 2. The zero-order valence-corrected chi connectivity index (χ0v) is 16.9. The molecule has 2 amide bonds. The summed E-state index contributed by atoms with van der Waals surface area (Å²) in [6.07, 6.45) is 0.713. The summed E-state index contributed by atoms with van der Waals surface area (Å²) in [4.78, 5) is 38.0. The number of anilines is 1. The molecule has 0 saturated carbocycles. The lowest BCUT2D eigenvalue weighted by Crippen LogP contribution is -2.35. The summed E-state index contributed by atoms with van der Waals surface area (Å²) in [5, 5.41) is 2.85. The zero-order valence-electron chi connectivity index (χ0n) is 16.9. The average molecular weight is 395 g/mol. The van der Waals surface area contributed by atoms with Crippen LogP contribution in [0.25, 0.3) is 11.1 Å². The van der Waals surface area contributed by atoms with Crippen molar-refractivity contribution in [1.29, 1.82) is 0 Å². The highest BCUT2D eigenvalue weighted by Gasteiger charge is 2.15. The van der Waals surface area contributed by atoms with Gasteiger partial charge in [-0.15, -0.1) is 0 Å². The second kappa shape index (κ2) is 8.77. The lowest BCUT2D eigenvalue weighted by Gasteiger charge is -2.17. The molecule has 0 fully saturated rings. The number of carbonyl (C=O) groups is 2. The fraction of sp³-hybridized carbons (Fsp3) is 0.318. The summed E-state index contributed by atoms with van der Waals surface area (Å²) in [5.41, 5.74) is 4.02. The molecule has 29 heavy (non-hydrogen) atoms. The van der Waals surface area contributed by atoms with Crippen LogP contribution >= 0.6 is 0 Å². The van der Waals surface area contributed by atoms with E-state index in [1.807, 2.05) is 44.2 Å². The summed E-state index contributed by atoms with van der Waals surface area (Å²) >= 11 is 0. The molecule has 0 atom stereocenters. The number of aryl methyl sites for hydroxylation is 3. The van der Waals surface area contributed by atoms with E-state index in [0.29, 0.717) is 24.1 Å². The molecule has 0 bridgehead atoms. The molecule has 2 aromatic carbocycles. The van der Waals surface area contributed by atoms with Gasteiger partial charge in [0, 0.05) is 25.7 Å². The molecule has 0 spiro atoms. The van der Waals surface area contributed by atoms with E-state index in [1.165, 1.54) is 9.47 Å². The van der Waals surface area contributed by atoms with Gasteiger partial charge in [-0.05, 0) is 49.6 Å². The molecule has 0 aliphatic heterocycles. The molecule has 0 aliphatic rings. The summed E-state index contributed by atoms with van der Waals surface area (Å²) in [6, 6.07) is 13.0. The van der Waals surface area contributed by atoms with Crippen LogP contribution in [0.4, 0.5) is 5.69 Å². The first-order valence-electron chi connectivity index (χ1n) is 9.54. The SMILES string of the molecule is Cc1ccc(C)c(NC(=O)CN(C)C(=O)CCCn2c(=O)oc3ccccc32)c1. The monoisotopic (exact) mass is 395 g/mol. The number of nitrogens with zero attached hydrogens (tertiary/aromatic N) is 2. The number of oxazole rings is 1. The Balaban J connectivity index is 1.51. The van der Waals surface area contributed by atoms with E-state index in [2.05, 4.69) is 5.32 Å². The first kappa shape index (κ1) is 20.4. The Morgan fingerprint density at radius 2 is 1.90 bits per heavy atom. The van der Waals surface area contributed by atoms with Gasteiger partial charge in [-0.3, -0.25) is 14.2 Å². The average Bonchev–Trinajstić information content (AvgIpc) is 3.00. The Kier molecular flexibility index (Phi) is 6.16. The fourth-order valence-corrected chi connectivity index (χ4v) is 3.17. The molecule has 7 heteroatoms. The van der Waals surface area contributed by atoms with Gasteiger partial charge in [0.1, 0.15) is 0 Å². The number of nitrogens with one attached hydrogen (secondary N) is 1. The Morgan fingerprint density at radius 3 is 2.69 bits per heavy atom. The molecular weight excluding hydrogens is 370 g/mol. The highest BCUT2D eigenvalue weighted by molar-refractivity contribution is 5.95. The van der Waals surface area contributed by atoms with Crippen molar-refractivity contribution in [3.8, 4) is 0 Å². The van der Waals surface area contributed by atoms with Crippen molar-refractivity contribution in [3.63, 3.8) is 0 Å². The van der Waals surface area contributed by atoms with Crippen LogP contribution in [0.15, 0.2) is 51.7 Å². The van der Waals surface area contributed by atoms with Gasteiger partial charge in [0.25, 0.3) is 0 Å². The second-order valence-electron chi connectivity index (χ2n) is 7.21. The lowest BCUT2D eigenvalue weighted by atomic mass is 10.1. The smallest absolute Gasteiger partial charge is 0.408 e. The van der Waals surface area contributed by atoms with Gasteiger partial charge in [-0.25, -0.2) is 4.79 Å². The number of rotatable bonds is 7. The largest absolute Gasteiger partial charge is 0.419 e. The van der Waals surface area contributed by atoms with E-state index in [9.17, 15) is 14.4 Å². The van der Waals surface area contributed by atoms with Gasteiger partial charge in [-0.1, -0.05) is 24.3 Å². The van der Waals surface area contributed by atoms with E-state index in [0.717, 1.165) is 16.8 Å². The third-order valence-electron chi connectivity index (χ3n) is 4.82. The molecular formula is C22H25N3O4. The van der Waals surface area contributed by atoms with Crippen LogP contribution in [0.2, 0.25) is 0 Å². The number of carbonyl (C=O) groups excluding carboxylic acids is 2. The first-order valence-corrected chi connectivity index (χ1v) is 9.54. The lowest BCUT2D eigenvalue weighted by molar-refractivity contribution is -0.133. The third kappa shape index (κ3) is 4.93. The third-order valence-corrected chi connectivity index (χ3v) is 4.82. The highest BCUT2D eigenvalue weighted by Crippen LogP contribution is 2.16. The molecule has 7 nitrogen and oxygen atoms in total. The van der Waals surface area contributed by atoms with Gasteiger partial charge in [-0.2, -0.15) is 0 Å². The maximum atomic E-state index is 12.4. The molecule has 1 aromatic heterocycles. The molecule has 3 rings (SSSR count). The summed E-state index contributed by atoms with van der Waals surface area (Å²) in [5.74, 6) is -0.825. The Hall–Kier alpha value is -3.35. The standard InChI is InChI=1S/C22H25N3O4/c1-15-10-11-16(2)17(13-15)23-20(26)14-24(3)21(27)9-6-12-25-18-7-4-5-8-19(18)29-22(25)28/h4-5,7-8,10-11,13H,6,9,12,14H2,1-3H3,(H,23,26).